The van der Waals surface area contributed by atoms with Crippen molar-refractivity contribution in [3.8, 4) is 0 Å². The molecule has 0 saturated carbocycles. The number of pyridine rings is 1. The van der Waals surface area contributed by atoms with Gasteiger partial charge in [-0.05, 0) is 39.2 Å². The average molecular weight is 368 g/mol. The smallest absolute Gasteiger partial charge is 0.159 e. The van der Waals surface area contributed by atoms with Gasteiger partial charge in [-0.15, -0.1) is 0 Å². The number of rotatable bonds is 6. The number of fused-ring (bicyclic) bond motifs is 2. The number of anilines is 1. The Balaban J connectivity index is 1.60. The van der Waals surface area contributed by atoms with E-state index >= 15 is 0 Å². The standard InChI is InChI=1S/C20H28N6O/c1-14-11-19(16-12-21-24(3)20(16)22-14)25-9-7-18-17(13-25)15(2)23-26(18)8-5-4-6-10-27/h11-12,27H,4-10,13H2,1-3H3. The van der Waals surface area contributed by atoms with Crippen LogP contribution in [-0.2, 0) is 26.6 Å². The summed E-state index contributed by atoms with van der Waals surface area (Å²) in [7, 11) is 1.94. The molecule has 1 aliphatic heterocycles. The fraction of sp³-hybridized carbons (Fsp3) is 0.550. The van der Waals surface area contributed by atoms with E-state index in [2.05, 4.69) is 32.7 Å². The molecule has 1 aliphatic rings. The summed E-state index contributed by atoms with van der Waals surface area (Å²) in [5.41, 5.74) is 7.03. The highest BCUT2D eigenvalue weighted by atomic mass is 16.2. The average Bonchev–Trinajstić information content (AvgIpc) is 3.18. The zero-order chi connectivity index (χ0) is 19.0. The lowest BCUT2D eigenvalue weighted by Crippen LogP contribution is -2.31. The Kier molecular flexibility index (Phi) is 4.86. The Morgan fingerprint density at radius 2 is 2.04 bits per heavy atom. The number of aryl methyl sites for hydroxylation is 4. The molecule has 0 fully saturated rings. The van der Waals surface area contributed by atoms with Crippen molar-refractivity contribution in [2.24, 2.45) is 7.05 Å². The molecule has 3 aromatic rings. The first-order chi connectivity index (χ1) is 13.1. The first kappa shape index (κ1) is 18.0. The molecule has 0 spiro atoms. The third-order valence-corrected chi connectivity index (χ3v) is 5.51. The Morgan fingerprint density at radius 3 is 2.85 bits per heavy atom. The highest BCUT2D eigenvalue weighted by molar-refractivity contribution is 5.89. The molecular formula is C20H28N6O. The molecular weight excluding hydrogens is 340 g/mol. The Bertz CT molecular complexity index is 957. The van der Waals surface area contributed by atoms with Gasteiger partial charge in [0.2, 0.25) is 0 Å². The number of aliphatic hydroxyl groups is 1. The Morgan fingerprint density at radius 1 is 1.19 bits per heavy atom. The van der Waals surface area contributed by atoms with Crippen LogP contribution in [0.4, 0.5) is 5.69 Å². The topological polar surface area (TPSA) is 72.0 Å². The zero-order valence-electron chi connectivity index (χ0n) is 16.4. The van der Waals surface area contributed by atoms with Crippen LogP contribution in [0, 0.1) is 13.8 Å². The van der Waals surface area contributed by atoms with E-state index in [-0.39, 0.29) is 6.61 Å². The van der Waals surface area contributed by atoms with Gasteiger partial charge in [-0.1, -0.05) is 0 Å². The third kappa shape index (κ3) is 3.32. The molecule has 0 bridgehead atoms. The fourth-order valence-electron chi connectivity index (χ4n) is 4.08. The van der Waals surface area contributed by atoms with Gasteiger partial charge in [-0.2, -0.15) is 10.2 Å². The maximum Gasteiger partial charge on any atom is 0.159 e. The van der Waals surface area contributed by atoms with Gasteiger partial charge in [0.05, 0.1) is 23.0 Å². The van der Waals surface area contributed by atoms with Crippen molar-refractivity contribution in [1.82, 2.24) is 24.5 Å². The van der Waals surface area contributed by atoms with E-state index in [1.54, 1.807) is 0 Å². The van der Waals surface area contributed by atoms with Crippen LogP contribution in [0.2, 0.25) is 0 Å². The summed E-state index contributed by atoms with van der Waals surface area (Å²) in [5, 5.41) is 19.3. The quantitative estimate of drug-likeness (QED) is 0.677. The van der Waals surface area contributed by atoms with Gasteiger partial charge in [0.15, 0.2) is 5.65 Å². The highest BCUT2D eigenvalue weighted by Crippen LogP contribution is 2.32. The van der Waals surface area contributed by atoms with E-state index < -0.39 is 0 Å². The molecule has 7 nitrogen and oxygen atoms in total. The zero-order valence-corrected chi connectivity index (χ0v) is 16.4. The minimum absolute atomic E-state index is 0.277. The number of aromatic nitrogens is 5. The van der Waals surface area contributed by atoms with Crippen LogP contribution in [0.15, 0.2) is 12.3 Å². The van der Waals surface area contributed by atoms with Crippen molar-refractivity contribution in [2.75, 3.05) is 18.1 Å². The van der Waals surface area contributed by atoms with Crippen molar-refractivity contribution in [3.05, 3.63) is 34.9 Å². The van der Waals surface area contributed by atoms with E-state index in [4.69, 9.17) is 10.2 Å². The lowest BCUT2D eigenvalue weighted by Gasteiger charge is -2.30. The van der Waals surface area contributed by atoms with Crippen LogP contribution >= 0.6 is 0 Å². The minimum atomic E-state index is 0.277. The first-order valence-corrected chi connectivity index (χ1v) is 9.79. The van der Waals surface area contributed by atoms with Gasteiger partial charge in [0.1, 0.15) is 0 Å². The number of hydrogen-bond donors (Lipinski definition) is 1. The molecule has 4 rings (SSSR count). The van der Waals surface area contributed by atoms with E-state index in [1.807, 2.05) is 24.9 Å². The van der Waals surface area contributed by atoms with Gasteiger partial charge in [0.25, 0.3) is 0 Å². The van der Waals surface area contributed by atoms with Gasteiger partial charge < -0.3 is 10.0 Å². The molecule has 3 aromatic heterocycles. The largest absolute Gasteiger partial charge is 0.396 e. The van der Waals surface area contributed by atoms with E-state index in [0.717, 1.165) is 67.7 Å². The van der Waals surface area contributed by atoms with Gasteiger partial charge >= 0.3 is 0 Å². The molecule has 4 heterocycles. The molecule has 27 heavy (non-hydrogen) atoms. The summed E-state index contributed by atoms with van der Waals surface area (Å²) in [6, 6.07) is 2.17. The van der Waals surface area contributed by atoms with Crippen LogP contribution in [0.25, 0.3) is 11.0 Å². The lowest BCUT2D eigenvalue weighted by atomic mass is 10.0. The predicted molar refractivity (Wildman–Crippen MR) is 106 cm³/mol. The van der Waals surface area contributed by atoms with Gasteiger partial charge in [0, 0.05) is 56.7 Å². The summed E-state index contributed by atoms with van der Waals surface area (Å²) in [5.74, 6) is 0. The molecule has 0 aliphatic carbocycles. The van der Waals surface area contributed by atoms with Crippen molar-refractivity contribution >= 4 is 16.7 Å². The van der Waals surface area contributed by atoms with E-state index in [1.165, 1.54) is 16.9 Å². The monoisotopic (exact) mass is 368 g/mol. The second-order valence-electron chi connectivity index (χ2n) is 7.48. The molecule has 0 aromatic carbocycles. The van der Waals surface area contributed by atoms with Crippen molar-refractivity contribution in [1.29, 1.82) is 0 Å². The second-order valence-corrected chi connectivity index (χ2v) is 7.48. The summed E-state index contributed by atoms with van der Waals surface area (Å²) in [6.07, 6.45) is 5.91. The van der Waals surface area contributed by atoms with Gasteiger partial charge in [-0.25, -0.2) is 4.98 Å². The molecule has 0 saturated heterocycles. The van der Waals surface area contributed by atoms with Crippen molar-refractivity contribution in [3.63, 3.8) is 0 Å². The van der Waals surface area contributed by atoms with Crippen molar-refractivity contribution in [2.45, 2.75) is 52.6 Å². The number of unbranched alkanes of at least 4 members (excludes halogenated alkanes) is 2. The first-order valence-electron chi connectivity index (χ1n) is 9.79. The van der Waals surface area contributed by atoms with Crippen LogP contribution in [0.1, 0.15) is 41.9 Å². The van der Waals surface area contributed by atoms with Crippen LogP contribution in [0.3, 0.4) is 0 Å². The Labute approximate surface area is 159 Å². The van der Waals surface area contributed by atoms with E-state index in [0.29, 0.717) is 0 Å². The molecule has 144 valence electrons. The fourth-order valence-corrected chi connectivity index (χ4v) is 4.08. The maximum atomic E-state index is 8.95. The number of nitrogens with zero attached hydrogens (tertiary/aromatic N) is 6. The summed E-state index contributed by atoms with van der Waals surface area (Å²) >= 11 is 0. The summed E-state index contributed by atoms with van der Waals surface area (Å²) < 4.78 is 4.04. The minimum Gasteiger partial charge on any atom is -0.396 e. The molecule has 1 N–H and O–H groups in total. The molecule has 0 unspecified atom stereocenters. The normalized spacial score (nSPS) is 14.1. The van der Waals surface area contributed by atoms with Crippen LogP contribution < -0.4 is 4.90 Å². The van der Waals surface area contributed by atoms with Gasteiger partial charge in [-0.3, -0.25) is 9.36 Å². The SMILES string of the molecule is Cc1cc(N2CCc3c(c(C)nn3CCCCCO)C2)c2cnn(C)c2n1. The lowest BCUT2D eigenvalue weighted by molar-refractivity contribution is 0.281. The number of hydrogen-bond acceptors (Lipinski definition) is 5. The third-order valence-electron chi connectivity index (χ3n) is 5.51. The molecule has 0 amide bonds. The Hall–Kier alpha value is -2.41. The van der Waals surface area contributed by atoms with Crippen molar-refractivity contribution < 1.29 is 5.11 Å². The van der Waals surface area contributed by atoms with Crippen LogP contribution in [0.5, 0.6) is 0 Å². The summed E-state index contributed by atoms with van der Waals surface area (Å²) in [4.78, 5) is 7.08. The molecule has 7 heteroatoms. The highest BCUT2D eigenvalue weighted by Gasteiger charge is 2.25. The van der Waals surface area contributed by atoms with Crippen LogP contribution in [-0.4, -0.2) is 42.8 Å². The number of aliphatic hydroxyl groups excluding tert-OH is 1. The second kappa shape index (κ2) is 7.31. The molecule has 0 atom stereocenters. The molecule has 0 radical (unpaired) electrons. The van der Waals surface area contributed by atoms with E-state index in [9.17, 15) is 0 Å². The maximum absolute atomic E-state index is 8.95. The predicted octanol–water partition coefficient (Wildman–Crippen LogP) is 2.51. The summed E-state index contributed by atoms with van der Waals surface area (Å²) in [6.45, 7) is 7.23.